The summed E-state index contributed by atoms with van der Waals surface area (Å²) in [6.45, 7) is 3.35. The zero-order chi connectivity index (χ0) is 18.0. The third-order valence-corrected chi connectivity index (χ3v) is 6.48. The first-order chi connectivity index (χ1) is 11.9. The Hall–Kier alpha value is -2.03. The van der Waals surface area contributed by atoms with Crippen LogP contribution >= 0.6 is 0 Å². The maximum absolute atomic E-state index is 13.2. The zero-order valence-corrected chi connectivity index (χ0v) is 15.0. The first-order valence-corrected chi connectivity index (χ1v) is 9.70. The van der Waals surface area contributed by atoms with Gasteiger partial charge in [-0.1, -0.05) is 12.1 Å². The highest BCUT2D eigenvalue weighted by molar-refractivity contribution is 7.89. The predicted molar refractivity (Wildman–Crippen MR) is 95.5 cm³/mol. The third kappa shape index (κ3) is 3.37. The van der Waals surface area contributed by atoms with Crippen molar-refractivity contribution in [2.75, 3.05) is 32.7 Å². The standard InChI is InChI=1S/C17H22N4O3S/c1-13-11-19-12-14-4-2-5-15(17(13)14)25(23,24)21-7-3-6-20(8-9-21)16(22)10-18/h2,4-5,11-12H,3,6-10,18H2,1H3. The Morgan fingerprint density at radius 1 is 1.20 bits per heavy atom. The van der Waals surface area contributed by atoms with Gasteiger partial charge in [0, 0.05) is 49.3 Å². The van der Waals surface area contributed by atoms with Crippen molar-refractivity contribution in [1.82, 2.24) is 14.2 Å². The number of amides is 1. The molecule has 1 aromatic carbocycles. The maximum atomic E-state index is 13.2. The third-order valence-electron chi connectivity index (χ3n) is 4.53. The minimum absolute atomic E-state index is 0.0533. The van der Waals surface area contributed by atoms with Gasteiger partial charge in [-0.3, -0.25) is 9.78 Å². The molecule has 0 spiro atoms. The molecule has 134 valence electrons. The lowest BCUT2D eigenvalue weighted by Crippen LogP contribution is -2.39. The number of hydrogen-bond donors (Lipinski definition) is 1. The van der Waals surface area contributed by atoms with E-state index in [0.29, 0.717) is 36.3 Å². The number of fused-ring (bicyclic) bond motifs is 1. The first kappa shape index (κ1) is 17.8. The van der Waals surface area contributed by atoms with E-state index in [4.69, 9.17) is 5.73 Å². The van der Waals surface area contributed by atoms with Crippen molar-refractivity contribution in [2.45, 2.75) is 18.2 Å². The molecule has 0 aliphatic carbocycles. The molecule has 1 saturated heterocycles. The van der Waals surface area contributed by atoms with Gasteiger partial charge in [0.15, 0.2) is 0 Å². The van der Waals surface area contributed by atoms with Crippen molar-refractivity contribution < 1.29 is 13.2 Å². The number of hydrogen-bond acceptors (Lipinski definition) is 5. The van der Waals surface area contributed by atoms with E-state index in [1.165, 1.54) is 4.31 Å². The summed E-state index contributed by atoms with van der Waals surface area (Å²) in [4.78, 5) is 17.9. The monoisotopic (exact) mass is 362 g/mol. The molecule has 3 rings (SSSR count). The van der Waals surface area contributed by atoms with E-state index in [0.717, 1.165) is 10.9 Å². The lowest BCUT2D eigenvalue weighted by Gasteiger charge is -2.22. The Balaban J connectivity index is 1.96. The second-order valence-electron chi connectivity index (χ2n) is 6.15. The Morgan fingerprint density at radius 3 is 2.76 bits per heavy atom. The molecule has 2 N–H and O–H groups in total. The summed E-state index contributed by atoms with van der Waals surface area (Å²) in [7, 11) is -3.65. The molecule has 25 heavy (non-hydrogen) atoms. The smallest absolute Gasteiger partial charge is 0.243 e. The molecule has 2 aromatic rings. The number of sulfonamides is 1. The van der Waals surface area contributed by atoms with Crippen LogP contribution in [0.4, 0.5) is 0 Å². The van der Waals surface area contributed by atoms with E-state index in [9.17, 15) is 13.2 Å². The van der Waals surface area contributed by atoms with Gasteiger partial charge in [-0.2, -0.15) is 4.31 Å². The first-order valence-electron chi connectivity index (χ1n) is 8.26. The van der Waals surface area contributed by atoms with Crippen LogP contribution in [0.5, 0.6) is 0 Å². The minimum atomic E-state index is -3.65. The second-order valence-corrected chi connectivity index (χ2v) is 8.06. The van der Waals surface area contributed by atoms with E-state index < -0.39 is 10.0 Å². The molecule has 1 aromatic heterocycles. The molecular weight excluding hydrogens is 340 g/mol. The Bertz CT molecular complexity index is 893. The summed E-state index contributed by atoms with van der Waals surface area (Å²) in [5.74, 6) is -0.147. The number of nitrogens with two attached hydrogens (primary N) is 1. The van der Waals surface area contributed by atoms with E-state index in [1.54, 1.807) is 29.4 Å². The number of aryl methyl sites for hydroxylation is 1. The number of pyridine rings is 1. The van der Waals surface area contributed by atoms with Crippen LogP contribution in [0.25, 0.3) is 10.8 Å². The van der Waals surface area contributed by atoms with Crippen LogP contribution in [-0.4, -0.2) is 61.2 Å². The molecule has 1 amide bonds. The van der Waals surface area contributed by atoms with Crippen molar-refractivity contribution in [1.29, 1.82) is 0 Å². The fraction of sp³-hybridized carbons (Fsp3) is 0.412. The van der Waals surface area contributed by atoms with Crippen molar-refractivity contribution in [2.24, 2.45) is 5.73 Å². The van der Waals surface area contributed by atoms with E-state index >= 15 is 0 Å². The van der Waals surface area contributed by atoms with Gasteiger partial charge in [-0.15, -0.1) is 0 Å². The van der Waals surface area contributed by atoms with E-state index in [1.807, 2.05) is 13.0 Å². The minimum Gasteiger partial charge on any atom is -0.340 e. The van der Waals surface area contributed by atoms with Crippen LogP contribution in [0.2, 0.25) is 0 Å². The molecular formula is C17H22N4O3S. The van der Waals surface area contributed by atoms with Crippen molar-refractivity contribution in [3.63, 3.8) is 0 Å². The van der Waals surface area contributed by atoms with Gasteiger partial charge < -0.3 is 10.6 Å². The number of carbonyl (C=O) groups excluding carboxylic acids is 1. The molecule has 0 saturated carbocycles. The van der Waals surface area contributed by atoms with Crippen molar-refractivity contribution in [3.8, 4) is 0 Å². The number of benzene rings is 1. The topological polar surface area (TPSA) is 96.6 Å². The lowest BCUT2D eigenvalue weighted by molar-refractivity contribution is -0.129. The summed E-state index contributed by atoms with van der Waals surface area (Å²) < 4.78 is 27.9. The summed E-state index contributed by atoms with van der Waals surface area (Å²) >= 11 is 0. The maximum Gasteiger partial charge on any atom is 0.243 e. The molecule has 8 heteroatoms. The van der Waals surface area contributed by atoms with Crippen molar-refractivity contribution >= 4 is 26.7 Å². The highest BCUT2D eigenvalue weighted by atomic mass is 32.2. The number of carbonyl (C=O) groups is 1. The fourth-order valence-electron chi connectivity index (χ4n) is 3.24. The van der Waals surface area contributed by atoms with Gasteiger partial charge in [-0.05, 0) is 25.0 Å². The van der Waals surface area contributed by atoms with E-state index in [2.05, 4.69) is 4.98 Å². The van der Waals surface area contributed by atoms with Crippen LogP contribution < -0.4 is 5.73 Å². The molecule has 0 atom stereocenters. The zero-order valence-electron chi connectivity index (χ0n) is 14.2. The van der Waals surface area contributed by atoms with Crippen LogP contribution in [-0.2, 0) is 14.8 Å². The number of aromatic nitrogens is 1. The van der Waals surface area contributed by atoms with E-state index in [-0.39, 0.29) is 19.0 Å². The molecule has 1 fully saturated rings. The van der Waals surface area contributed by atoms with Crippen LogP contribution in [0.1, 0.15) is 12.0 Å². The summed E-state index contributed by atoms with van der Waals surface area (Å²) in [5, 5.41) is 1.51. The van der Waals surface area contributed by atoms with Crippen LogP contribution in [0.3, 0.4) is 0 Å². The molecule has 0 unspecified atom stereocenters. The van der Waals surface area contributed by atoms with Gasteiger partial charge in [-0.25, -0.2) is 8.42 Å². The second kappa shape index (κ2) is 7.07. The van der Waals surface area contributed by atoms with Gasteiger partial charge in [0.05, 0.1) is 11.4 Å². The number of rotatable bonds is 3. The predicted octanol–water partition coefficient (Wildman–Crippen LogP) is 0.725. The Kier molecular flexibility index (Phi) is 5.03. The molecule has 1 aliphatic heterocycles. The Morgan fingerprint density at radius 2 is 2.00 bits per heavy atom. The largest absolute Gasteiger partial charge is 0.340 e. The van der Waals surface area contributed by atoms with Gasteiger partial charge >= 0.3 is 0 Å². The molecule has 2 heterocycles. The lowest BCUT2D eigenvalue weighted by atomic mass is 10.1. The van der Waals surface area contributed by atoms with Crippen LogP contribution in [0.15, 0.2) is 35.5 Å². The average Bonchev–Trinajstić information content (AvgIpc) is 2.87. The Labute approximate surface area is 147 Å². The van der Waals surface area contributed by atoms with Gasteiger partial charge in [0.2, 0.25) is 15.9 Å². The normalized spacial score (nSPS) is 16.8. The van der Waals surface area contributed by atoms with Gasteiger partial charge in [0.1, 0.15) is 0 Å². The summed E-state index contributed by atoms with van der Waals surface area (Å²) in [6, 6.07) is 5.23. The molecule has 0 bridgehead atoms. The van der Waals surface area contributed by atoms with Crippen molar-refractivity contribution in [3.05, 3.63) is 36.2 Å². The van der Waals surface area contributed by atoms with Crippen LogP contribution in [0, 0.1) is 6.92 Å². The highest BCUT2D eigenvalue weighted by Gasteiger charge is 2.29. The molecule has 7 nitrogen and oxygen atoms in total. The van der Waals surface area contributed by atoms with Gasteiger partial charge in [0.25, 0.3) is 0 Å². The molecule has 1 aliphatic rings. The fourth-order valence-corrected chi connectivity index (χ4v) is 5.00. The molecule has 0 radical (unpaired) electrons. The average molecular weight is 362 g/mol. The number of nitrogens with zero attached hydrogens (tertiary/aromatic N) is 3. The summed E-state index contributed by atoms with van der Waals surface area (Å²) in [5.41, 5.74) is 6.24. The SMILES string of the molecule is Cc1cncc2cccc(S(=O)(=O)N3CCCN(C(=O)CN)CC3)c12. The highest BCUT2D eigenvalue weighted by Crippen LogP contribution is 2.28. The summed E-state index contributed by atoms with van der Waals surface area (Å²) in [6.07, 6.45) is 3.94. The quantitative estimate of drug-likeness (QED) is 0.868.